The molecule has 0 unspecified atom stereocenters. The van der Waals surface area contributed by atoms with Crippen LogP contribution >= 0.6 is 0 Å². The van der Waals surface area contributed by atoms with Crippen molar-refractivity contribution >= 4 is 44.3 Å². The van der Waals surface area contributed by atoms with Crippen LogP contribution in [0.25, 0.3) is 43.8 Å². The van der Waals surface area contributed by atoms with E-state index in [1.807, 2.05) is 0 Å². The first-order valence-corrected chi connectivity index (χ1v) is 16.3. The SMILES string of the molecule is c1cc(/C2=N/c3ccccc3/C(c3cccc(-c4ccc5ccccc5c4)c3)=N\c3ccccc32)cc(-c2ccc3ccccc3c2)c1. The Kier molecular flexibility index (Phi) is 6.84. The first kappa shape index (κ1) is 27.9. The molecule has 0 fully saturated rings. The van der Waals surface area contributed by atoms with Crippen molar-refractivity contribution in [3.05, 3.63) is 204 Å². The molecule has 0 radical (unpaired) electrons. The van der Waals surface area contributed by atoms with Crippen LogP contribution in [0.3, 0.4) is 0 Å². The molecule has 0 aromatic heterocycles. The van der Waals surface area contributed by atoms with Gasteiger partial charge in [-0.15, -0.1) is 0 Å². The lowest BCUT2D eigenvalue weighted by Crippen LogP contribution is -2.10. The molecule has 1 aliphatic heterocycles. The zero-order chi connectivity index (χ0) is 31.9. The maximum absolute atomic E-state index is 5.42. The third-order valence-corrected chi connectivity index (χ3v) is 9.22. The first-order chi connectivity index (χ1) is 23.8. The molecule has 0 amide bonds. The van der Waals surface area contributed by atoms with Crippen LogP contribution in [0.5, 0.6) is 0 Å². The zero-order valence-electron chi connectivity index (χ0n) is 26.2. The van der Waals surface area contributed by atoms with Crippen molar-refractivity contribution in [1.29, 1.82) is 0 Å². The van der Waals surface area contributed by atoms with Gasteiger partial charge in [0.2, 0.25) is 0 Å². The van der Waals surface area contributed by atoms with Crippen LogP contribution in [0.15, 0.2) is 192 Å². The van der Waals surface area contributed by atoms with E-state index in [9.17, 15) is 0 Å². The van der Waals surface area contributed by atoms with Crippen molar-refractivity contribution in [2.24, 2.45) is 9.98 Å². The predicted molar refractivity (Wildman–Crippen MR) is 202 cm³/mol. The molecule has 1 heterocycles. The highest BCUT2D eigenvalue weighted by Gasteiger charge is 2.20. The Hall–Kier alpha value is -6.38. The Labute approximate surface area is 280 Å². The summed E-state index contributed by atoms with van der Waals surface area (Å²) < 4.78 is 0. The fourth-order valence-corrected chi connectivity index (χ4v) is 6.77. The lowest BCUT2D eigenvalue weighted by molar-refractivity contribution is 1.39. The van der Waals surface area contributed by atoms with Crippen molar-refractivity contribution < 1.29 is 0 Å². The molecular weight excluding hydrogens is 581 g/mol. The Morgan fingerprint density at radius 2 is 0.625 bits per heavy atom. The summed E-state index contributed by atoms with van der Waals surface area (Å²) in [4.78, 5) is 10.8. The Morgan fingerprint density at radius 3 is 1.10 bits per heavy atom. The first-order valence-electron chi connectivity index (χ1n) is 16.3. The van der Waals surface area contributed by atoms with Gasteiger partial charge in [-0.3, -0.25) is 0 Å². The number of benzene rings is 8. The standard InChI is InChI=1S/C46H30N2/c1-3-13-33-27-37(25-23-31(33)11-1)35-15-9-17-39(29-35)45-41-19-5-7-21-43(41)48-46(42-20-6-8-22-44(42)47-45)40-18-10-16-36(30-40)38-26-24-32-12-2-4-14-34(32)28-38/h1-30H/b45-41?,46-42?,47-44?,47-45-,48-43?,48-46-. The zero-order valence-corrected chi connectivity index (χ0v) is 26.2. The maximum atomic E-state index is 5.42. The minimum absolute atomic E-state index is 0.896. The molecule has 0 saturated heterocycles. The third kappa shape index (κ3) is 5.10. The van der Waals surface area contributed by atoms with Gasteiger partial charge in [0.15, 0.2) is 0 Å². The van der Waals surface area contributed by atoms with E-state index in [0.29, 0.717) is 0 Å². The van der Waals surface area contributed by atoms with E-state index in [0.717, 1.165) is 56.2 Å². The lowest BCUT2D eigenvalue weighted by atomic mass is 9.93. The van der Waals surface area contributed by atoms with Gasteiger partial charge >= 0.3 is 0 Å². The second-order valence-corrected chi connectivity index (χ2v) is 12.2. The smallest absolute Gasteiger partial charge is 0.0803 e. The molecule has 0 atom stereocenters. The minimum atomic E-state index is 0.896. The quantitative estimate of drug-likeness (QED) is 0.189. The van der Waals surface area contributed by atoms with Crippen molar-refractivity contribution in [3.8, 4) is 22.3 Å². The van der Waals surface area contributed by atoms with Gasteiger partial charge < -0.3 is 0 Å². The summed E-state index contributed by atoms with van der Waals surface area (Å²) in [7, 11) is 0. The highest BCUT2D eigenvalue weighted by molar-refractivity contribution is 6.23. The van der Waals surface area contributed by atoms with Gasteiger partial charge in [-0.05, 0) is 80.2 Å². The Balaban J connectivity index is 1.17. The van der Waals surface area contributed by atoms with E-state index < -0.39 is 0 Å². The average molecular weight is 611 g/mol. The van der Waals surface area contributed by atoms with Crippen LogP contribution in [0.2, 0.25) is 0 Å². The van der Waals surface area contributed by atoms with E-state index in [1.165, 1.54) is 32.7 Å². The molecule has 0 spiro atoms. The Morgan fingerprint density at radius 1 is 0.250 bits per heavy atom. The summed E-state index contributed by atoms with van der Waals surface area (Å²) >= 11 is 0. The van der Waals surface area contributed by atoms with Crippen LogP contribution < -0.4 is 0 Å². The van der Waals surface area contributed by atoms with E-state index in [1.54, 1.807) is 0 Å². The number of rotatable bonds is 4. The molecule has 8 aromatic carbocycles. The number of hydrogen-bond donors (Lipinski definition) is 0. The molecule has 0 aliphatic carbocycles. The molecule has 224 valence electrons. The normalized spacial score (nSPS) is 14.6. The summed E-state index contributed by atoms with van der Waals surface area (Å²) in [5.74, 6) is 0. The van der Waals surface area contributed by atoms with Crippen LogP contribution in [-0.2, 0) is 0 Å². The van der Waals surface area contributed by atoms with Gasteiger partial charge in [0.05, 0.1) is 22.8 Å². The second-order valence-electron chi connectivity index (χ2n) is 12.2. The molecule has 2 nitrogen and oxygen atoms in total. The largest absolute Gasteiger partial charge is 0.247 e. The van der Waals surface area contributed by atoms with Crippen LogP contribution in [0, 0.1) is 0 Å². The number of aliphatic imine (C=N–C) groups is 2. The topological polar surface area (TPSA) is 24.7 Å². The van der Waals surface area contributed by atoms with Gasteiger partial charge in [0, 0.05) is 22.3 Å². The summed E-state index contributed by atoms with van der Waals surface area (Å²) in [6.45, 7) is 0. The molecule has 2 heteroatoms. The minimum Gasteiger partial charge on any atom is -0.247 e. The number of nitrogens with zero attached hydrogens (tertiary/aromatic N) is 2. The lowest BCUT2D eigenvalue weighted by Gasteiger charge is -2.19. The molecule has 1 aliphatic rings. The maximum Gasteiger partial charge on any atom is 0.0803 e. The fraction of sp³-hybridized carbons (Fsp3) is 0. The summed E-state index contributed by atoms with van der Waals surface area (Å²) in [6, 6.07) is 64.5. The molecule has 0 bridgehead atoms. The second kappa shape index (κ2) is 11.8. The van der Waals surface area contributed by atoms with Crippen molar-refractivity contribution in [3.63, 3.8) is 0 Å². The van der Waals surface area contributed by atoms with E-state index in [2.05, 4.69) is 182 Å². The van der Waals surface area contributed by atoms with Crippen LogP contribution in [0.1, 0.15) is 22.3 Å². The van der Waals surface area contributed by atoms with Gasteiger partial charge in [-0.1, -0.05) is 146 Å². The summed E-state index contributed by atoms with van der Waals surface area (Å²) in [5.41, 5.74) is 12.4. The number of fused-ring (bicyclic) bond motifs is 4. The van der Waals surface area contributed by atoms with Crippen LogP contribution in [-0.4, -0.2) is 11.4 Å². The third-order valence-electron chi connectivity index (χ3n) is 9.22. The van der Waals surface area contributed by atoms with Gasteiger partial charge in [-0.25, -0.2) is 9.98 Å². The van der Waals surface area contributed by atoms with Crippen molar-refractivity contribution in [2.75, 3.05) is 0 Å². The van der Waals surface area contributed by atoms with Gasteiger partial charge in [0.1, 0.15) is 0 Å². The highest BCUT2D eigenvalue weighted by Crippen LogP contribution is 2.35. The number of hydrogen-bond acceptors (Lipinski definition) is 2. The summed E-state index contributed by atoms with van der Waals surface area (Å²) in [6.07, 6.45) is 0. The molecule has 0 N–H and O–H groups in total. The van der Waals surface area contributed by atoms with E-state index in [4.69, 9.17) is 9.98 Å². The van der Waals surface area contributed by atoms with Crippen molar-refractivity contribution in [1.82, 2.24) is 0 Å². The van der Waals surface area contributed by atoms with Gasteiger partial charge in [-0.2, -0.15) is 0 Å². The molecule has 48 heavy (non-hydrogen) atoms. The van der Waals surface area contributed by atoms with E-state index in [-0.39, 0.29) is 0 Å². The average Bonchev–Trinajstić information content (AvgIpc) is 3.15. The monoisotopic (exact) mass is 610 g/mol. The highest BCUT2D eigenvalue weighted by atomic mass is 14.8. The Bertz CT molecular complexity index is 2390. The fourth-order valence-electron chi connectivity index (χ4n) is 6.77. The molecule has 0 saturated carbocycles. The van der Waals surface area contributed by atoms with Gasteiger partial charge in [0.25, 0.3) is 0 Å². The molecule has 8 aromatic rings. The van der Waals surface area contributed by atoms with Crippen LogP contribution in [0.4, 0.5) is 11.4 Å². The molecule has 9 rings (SSSR count). The molecular formula is C46H30N2. The summed E-state index contributed by atoms with van der Waals surface area (Å²) in [5, 5.41) is 4.94. The van der Waals surface area contributed by atoms with Crippen molar-refractivity contribution in [2.45, 2.75) is 0 Å². The number of para-hydroxylation sites is 2. The van der Waals surface area contributed by atoms with E-state index >= 15 is 0 Å². The predicted octanol–water partition coefficient (Wildman–Crippen LogP) is 12.0.